The van der Waals surface area contributed by atoms with Crippen LogP contribution < -0.4 is 4.90 Å². The quantitative estimate of drug-likeness (QED) is 0.329. The van der Waals surface area contributed by atoms with Gasteiger partial charge in [-0.2, -0.15) is 26.3 Å². The van der Waals surface area contributed by atoms with Crippen molar-refractivity contribution >= 4 is 17.3 Å². The van der Waals surface area contributed by atoms with E-state index in [-0.39, 0.29) is 38.2 Å². The van der Waals surface area contributed by atoms with Crippen molar-refractivity contribution in [2.24, 2.45) is 5.92 Å². The van der Waals surface area contributed by atoms with Gasteiger partial charge >= 0.3 is 12.4 Å². The lowest BCUT2D eigenvalue weighted by Crippen LogP contribution is -2.46. The van der Waals surface area contributed by atoms with Gasteiger partial charge in [-0.1, -0.05) is 13.3 Å². The molecule has 0 N–H and O–H groups in total. The number of halogens is 6. The fourth-order valence-corrected chi connectivity index (χ4v) is 3.57. The first-order valence-electron chi connectivity index (χ1n) is 9.79. The molecule has 31 heavy (non-hydrogen) atoms. The fourth-order valence-electron chi connectivity index (χ4n) is 3.57. The number of nitrogens with zero attached hydrogens (tertiary/aromatic N) is 3. The Morgan fingerprint density at radius 3 is 2.29 bits per heavy atom. The number of alkyl halides is 6. The molecule has 174 valence electrons. The second kappa shape index (κ2) is 9.73. The number of hydrogen-bond donors (Lipinski definition) is 0. The first kappa shape index (κ1) is 24.7. The molecule has 1 aromatic rings. The Hall–Kier alpha value is -2.53. The summed E-state index contributed by atoms with van der Waals surface area (Å²) < 4.78 is 77.1. The van der Waals surface area contributed by atoms with Gasteiger partial charge in [0.05, 0.1) is 10.5 Å². The molecule has 1 aliphatic heterocycles. The van der Waals surface area contributed by atoms with Crippen LogP contribution in [0.4, 0.5) is 37.7 Å². The lowest BCUT2D eigenvalue weighted by atomic mass is 9.94. The third kappa shape index (κ3) is 6.73. The molecule has 1 fully saturated rings. The van der Waals surface area contributed by atoms with Crippen molar-refractivity contribution in [1.82, 2.24) is 4.90 Å². The van der Waals surface area contributed by atoms with E-state index in [1.54, 1.807) is 6.92 Å². The van der Waals surface area contributed by atoms with Crippen LogP contribution in [0.5, 0.6) is 0 Å². The third-order valence-corrected chi connectivity index (χ3v) is 5.15. The van der Waals surface area contributed by atoms with Crippen LogP contribution in [-0.2, 0) is 11.0 Å². The number of amides is 1. The SMILES string of the molecule is CCCCN(CC(F)(F)F)C(=O)C1CCN(c2ccc(C(F)(F)F)cc2[N+](=O)[O-])CC1. The van der Waals surface area contributed by atoms with Gasteiger partial charge in [0.2, 0.25) is 5.91 Å². The van der Waals surface area contributed by atoms with Gasteiger partial charge in [0, 0.05) is 31.6 Å². The largest absolute Gasteiger partial charge is 0.416 e. The van der Waals surface area contributed by atoms with Gasteiger partial charge in [-0.25, -0.2) is 0 Å². The second-order valence-electron chi connectivity index (χ2n) is 7.45. The number of rotatable bonds is 7. The monoisotopic (exact) mass is 455 g/mol. The Bertz CT molecular complexity index is 789. The summed E-state index contributed by atoms with van der Waals surface area (Å²) in [7, 11) is 0. The van der Waals surface area contributed by atoms with Gasteiger partial charge in [-0.15, -0.1) is 0 Å². The van der Waals surface area contributed by atoms with E-state index in [1.807, 2.05) is 0 Å². The van der Waals surface area contributed by atoms with Crippen molar-refractivity contribution in [3.63, 3.8) is 0 Å². The van der Waals surface area contributed by atoms with Crippen molar-refractivity contribution in [2.45, 2.75) is 45.0 Å². The predicted molar refractivity (Wildman–Crippen MR) is 101 cm³/mol. The molecular formula is C19H23F6N3O3. The Morgan fingerprint density at radius 2 is 1.81 bits per heavy atom. The number of unbranched alkanes of at least 4 members (excludes halogenated alkanes) is 1. The Morgan fingerprint density at radius 1 is 1.19 bits per heavy atom. The number of hydrogen-bond acceptors (Lipinski definition) is 4. The van der Waals surface area contributed by atoms with Gasteiger partial charge in [0.1, 0.15) is 12.2 Å². The van der Waals surface area contributed by atoms with Crippen molar-refractivity contribution in [2.75, 3.05) is 31.1 Å². The molecule has 0 spiro atoms. The van der Waals surface area contributed by atoms with Crippen molar-refractivity contribution in [1.29, 1.82) is 0 Å². The highest BCUT2D eigenvalue weighted by atomic mass is 19.4. The Labute approximate surface area is 174 Å². The van der Waals surface area contributed by atoms with Crippen LogP contribution in [-0.4, -0.2) is 48.1 Å². The van der Waals surface area contributed by atoms with E-state index in [0.717, 1.165) is 17.0 Å². The van der Waals surface area contributed by atoms with Crippen LogP contribution in [0.3, 0.4) is 0 Å². The number of piperidine rings is 1. The maximum Gasteiger partial charge on any atom is 0.416 e. The van der Waals surface area contributed by atoms with E-state index >= 15 is 0 Å². The fraction of sp³-hybridized carbons (Fsp3) is 0.632. The van der Waals surface area contributed by atoms with Crippen molar-refractivity contribution in [3.05, 3.63) is 33.9 Å². The number of anilines is 1. The zero-order valence-corrected chi connectivity index (χ0v) is 16.8. The van der Waals surface area contributed by atoms with Crippen LogP contribution in [0.15, 0.2) is 18.2 Å². The summed E-state index contributed by atoms with van der Waals surface area (Å²) in [4.78, 5) is 25.3. The van der Waals surface area contributed by atoms with Crippen LogP contribution >= 0.6 is 0 Å². The number of nitro groups is 1. The smallest absolute Gasteiger partial charge is 0.366 e. The molecule has 1 aromatic carbocycles. The molecule has 12 heteroatoms. The van der Waals surface area contributed by atoms with E-state index in [1.165, 1.54) is 4.90 Å². The van der Waals surface area contributed by atoms with Gasteiger partial charge in [0.15, 0.2) is 0 Å². The lowest BCUT2D eigenvalue weighted by molar-refractivity contribution is -0.384. The molecule has 1 saturated heterocycles. The molecule has 1 aliphatic rings. The molecule has 0 aromatic heterocycles. The second-order valence-corrected chi connectivity index (χ2v) is 7.45. The van der Waals surface area contributed by atoms with Crippen LogP contribution in [0.1, 0.15) is 38.2 Å². The normalized spacial score (nSPS) is 15.8. The molecule has 0 bridgehead atoms. The number of benzene rings is 1. The Kier molecular flexibility index (Phi) is 7.77. The zero-order valence-electron chi connectivity index (χ0n) is 16.8. The predicted octanol–water partition coefficient (Wildman–Crippen LogP) is 5.02. The summed E-state index contributed by atoms with van der Waals surface area (Å²) in [6.45, 7) is 0.661. The highest BCUT2D eigenvalue weighted by Crippen LogP contribution is 2.38. The summed E-state index contributed by atoms with van der Waals surface area (Å²) in [6, 6.07) is 2.22. The summed E-state index contributed by atoms with van der Waals surface area (Å²) >= 11 is 0. The molecule has 0 unspecified atom stereocenters. The standard InChI is InChI=1S/C19H23F6N3O3/c1-2-3-8-27(12-18(20,21)22)17(29)13-6-9-26(10-7-13)15-5-4-14(19(23,24)25)11-16(15)28(30)31/h4-5,11,13H,2-3,6-10,12H2,1H3. The average Bonchev–Trinajstić information content (AvgIpc) is 2.68. The molecule has 0 saturated carbocycles. The Balaban J connectivity index is 2.12. The van der Waals surface area contributed by atoms with Gasteiger partial charge in [0.25, 0.3) is 5.69 Å². The average molecular weight is 455 g/mol. The molecular weight excluding hydrogens is 432 g/mol. The summed E-state index contributed by atoms with van der Waals surface area (Å²) in [5.41, 5.74) is -1.87. The van der Waals surface area contributed by atoms with Crippen molar-refractivity contribution in [3.8, 4) is 0 Å². The van der Waals surface area contributed by atoms with E-state index < -0.39 is 46.9 Å². The van der Waals surface area contributed by atoms with Gasteiger partial charge < -0.3 is 9.80 Å². The minimum atomic E-state index is -4.73. The van der Waals surface area contributed by atoms with E-state index in [9.17, 15) is 41.3 Å². The van der Waals surface area contributed by atoms with E-state index in [2.05, 4.69) is 0 Å². The molecule has 6 nitrogen and oxygen atoms in total. The number of carbonyl (C=O) groups is 1. The van der Waals surface area contributed by atoms with Crippen LogP contribution in [0.25, 0.3) is 0 Å². The molecule has 0 radical (unpaired) electrons. The summed E-state index contributed by atoms with van der Waals surface area (Å²) in [6.07, 6.45) is -7.90. The van der Waals surface area contributed by atoms with E-state index in [4.69, 9.17) is 0 Å². The van der Waals surface area contributed by atoms with Gasteiger partial charge in [-0.3, -0.25) is 14.9 Å². The van der Waals surface area contributed by atoms with Gasteiger partial charge in [-0.05, 0) is 31.4 Å². The van der Waals surface area contributed by atoms with Crippen LogP contribution in [0.2, 0.25) is 0 Å². The number of nitro benzene ring substituents is 1. The summed E-state index contributed by atoms with van der Waals surface area (Å²) in [5, 5.41) is 11.3. The lowest BCUT2D eigenvalue weighted by Gasteiger charge is -2.35. The highest BCUT2D eigenvalue weighted by molar-refractivity contribution is 5.79. The zero-order chi connectivity index (χ0) is 23.4. The van der Waals surface area contributed by atoms with E-state index in [0.29, 0.717) is 18.9 Å². The molecule has 0 atom stereocenters. The maximum atomic E-state index is 12.9. The first-order chi connectivity index (χ1) is 14.3. The maximum absolute atomic E-state index is 12.9. The highest BCUT2D eigenvalue weighted by Gasteiger charge is 2.37. The minimum Gasteiger partial charge on any atom is -0.366 e. The molecule has 1 amide bonds. The first-order valence-corrected chi connectivity index (χ1v) is 9.79. The molecule has 1 heterocycles. The molecule has 0 aliphatic carbocycles. The minimum absolute atomic E-state index is 0.0120. The van der Waals surface area contributed by atoms with Crippen LogP contribution in [0, 0.1) is 16.0 Å². The summed E-state index contributed by atoms with van der Waals surface area (Å²) in [5.74, 6) is -1.30. The van der Waals surface area contributed by atoms with Crippen molar-refractivity contribution < 1.29 is 36.1 Å². The third-order valence-electron chi connectivity index (χ3n) is 5.15. The topological polar surface area (TPSA) is 66.7 Å². The number of carbonyl (C=O) groups excluding carboxylic acids is 1. The molecule has 2 rings (SSSR count).